The quantitative estimate of drug-likeness (QED) is 0.708. The van der Waals surface area contributed by atoms with Crippen LogP contribution in [-0.2, 0) is 20.8 Å². The first kappa shape index (κ1) is 19.4. The number of hydrogen-bond acceptors (Lipinski definition) is 3. The maximum absolute atomic E-state index is 12.4. The standard InChI is InChI=1S/C20H24N2O4/c1-12(2)18(19(24)21-13(3)20(25)26)22-17(23)11-14-8-9-15-6-4-5-7-16(15)10-14/h4-10,12-13,18H,11H2,1-3H3,(H,21,24)(H,22,23)(H,25,26)/t13-,18?/m1/s1. The molecule has 1 unspecified atom stereocenters. The summed E-state index contributed by atoms with van der Waals surface area (Å²) in [7, 11) is 0. The molecule has 0 fully saturated rings. The van der Waals surface area contributed by atoms with Gasteiger partial charge < -0.3 is 15.7 Å². The Kier molecular flexibility index (Phi) is 6.33. The van der Waals surface area contributed by atoms with E-state index in [4.69, 9.17) is 5.11 Å². The Labute approximate surface area is 152 Å². The molecule has 3 N–H and O–H groups in total. The summed E-state index contributed by atoms with van der Waals surface area (Å²) in [5.74, 6) is -2.07. The lowest BCUT2D eigenvalue weighted by Gasteiger charge is -2.23. The molecule has 0 bridgehead atoms. The number of nitrogens with one attached hydrogen (secondary N) is 2. The Hall–Kier alpha value is -2.89. The number of rotatable bonds is 7. The van der Waals surface area contributed by atoms with Gasteiger partial charge in [0.1, 0.15) is 12.1 Å². The summed E-state index contributed by atoms with van der Waals surface area (Å²) in [4.78, 5) is 35.5. The molecule has 2 atom stereocenters. The Morgan fingerprint density at radius 1 is 0.962 bits per heavy atom. The second-order valence-corrected chi connectivity index (χ2v) is 6.72. The minimum absolute atomic E-state index is 0.149. The molecule has 138 valence electrons. The second kappa shape index (κ2) is 8.47. The molecule has 2 rings (SSSR count). The Morgan fingerprint density at radius 2 is 1.62 bits per heavy atom. The third-order valence-corrected chi connectivity index (χ3v) is 4.17. The fraction of sp³-hybridized carbons (Fsp3) is 0.350. The third-order valence-electron chi connectivity index (χ3n) is 4.17. The summed E-state index contributed by atoms with van der Waals surface area (Å²) < 4.78 is 0. The monoisotopic (exact) mass is 356 g/mol. The lowest BCUT2D eigenvalue weighted by Crippen LogP contribution is -2.53. The summed E-state index contributed by atoms with van der Waals surface area (Å²) in [6.45, 7) is 4.98. The highest BCUT2D eigenvalue weighted by Crippen LogP contribution is 2.16. The average Bonchev–Trinajstić information content (AvgIpc) is 2.59. The molecule has 0 saturated carbocycles. The van der Waals surface area contributed by atoms with Crippen molar-refractivity contribution in [1.29, 1.82) is 0 Å². The van der Waals surface area contributed by atoms with Crippen molar-refractivity contribution in [2.24, 2.45) is 5.92 Å². The minimum Gasteiger partial charge on any atom is -0.480 e. The van der Waals surface area contributed by atoms with Crippen molar-refractivity contribution < 1.29 is 19.5 Å². The topological polar surface area (TPSA) is 95.5 Å². The molecule has 0 spiro atoms. The number of aliphatic carboxylic acids is 1. The van der Waals surface area contributed by atoms with Crippen LogP contribution >= 0.6 is 0 Å². The molecule has 2 aromatic rings. The van der Waals surface area contributed by atoms with Crippen LogP contribution in [0.25, 0.3) is 10.8 Å². The number of fused-ring (bicyclic) bond motifs is 1. The largest absolute Gasteiger partial charge is 0.480 e. The highest BCUT2D eigenvalue weighted by molar-refractivity contribution is 5.91. The van der Waals surface area contributed by atoms with Crippen LogP contribution in [0.5, 0.6) is 0 Å². The molecule has 2 amide bonds. The number of amides is 2. The first-order valence-corrected chi connectivity index (χ1v) is 8.58. The molecule has 0 aliphatic heterocycles. The first-order valence-electron chi connectivity index (χ1n) is 8.58. The number of hydrogen-bond donors (Lipinski definition) is 3. The molecule has 26 heavy (non-hydrogen) atoms. The molecule has 6 heteroatoms. The second-order valence-electron chi connectivity index (χ2n) is 6.72. The van der Waals surface area contributed by atoms with Gasteiger partial charge in [0.25, 0.3) is 0 Å². The molecule has 2 aromatic carbocycles. The molecular weight excluding hydrogens is 332 g/mol. The Balaban J connectivity index is 2.04. The predicted molar refractivity (Wildman–Crippen MR) is 99.7 cm³/mol. The van der Waals surface area contributed by atoms with Crippen molar-refractivity contribution in [2.45, 2.75) is 39.3 Å². The van der Waals surface area contributed by atoms with Gasteiger partial charge in [0, 0.05) is 0 Å². The minimum atomic E-state index is -1.12. The summed E-state index contributed by atoms with van der Waals surface area (Å²) in [6, 6.07) is 11.9. The lowest BCUT2D eigenvalue weighted by molar-refractivity contribution is -0.141. The van der Waals surface area contributed by atoms with Crippen LogP contribution in [0.2, 0.25) is 0 Å². The molecule has 0 aromatic heterocycles. The summed E-state index contributed by atoms with van der Waals surface area (Å²) in [5, 5.41) is 16.2. The molecule has 6 nitrogen and oxygen atoms in total. The smallest absolute Gasteiger partial charge is 0.325 e. The predicted octanol–water partition coefficient (Wildman–Crippen LogP) is 2.11. The van der Waals surface area contributed by atoms with E-state index in [0.717, 1.165) is 16.3 Å². The molecule has 0 radical (unpaired) electrons. The highest BCUT2D eigenvalue weighted by atomic mass is 16.4. The van der Waals surface area contributed by atoms with Gasteiger partial charge in [-0.1, -0.05) is 56.3 Å². The van der Waals surface area contributed by atoms with Gasteiger partial charge in [0.15, 0.2) is 0 Å². The van der Waals surface area contributed by atoms with E-state index >= 15 is 0 Å². The Bertz CT molecular complexity index is 816. The maximum Gasteiger partial charge on any atom is 0.325 e. The number of carbonyl (C=O) groups is 3. The van der Waals surface area contributed by atoms with Crippen LogP contribution in [-0.4, -0.2) is 35.0 Å². The number of carbonyl (C=O) groups excluding carboxylic acids is 2. The van der Waals surface area contributed by atoms with Crippen LogP contribution in [0.4, 0.5) is 0 Å². The van der Waals surface area contributed by atoms with Crippen molar-refractivity contribution in [1.82, 2.24) is 10.6 Å². The van der Waals surface area contributed by atoms with Crippen LogP contribution in [0.1, 0.15) is 26.3 Å². The third kappa shape index (κ3) is 5.05. The van der Waals surface area contributed by atoms with Gasteiger partial charge in [-0.05, 0) is 29.2 Å². The maximum atomic E-state index is 12.4. The zero-order valence-electron chi connectivity index (χ0n) is 15.2. The van der Waals surface area contributed by atoms with E-state index in [-0.39, 0.29) is 18.2 Å². The molecule has 0 heterocycles. The van der Waals surface area contributed by atoms with Gasteiger partial charge in [0.05, 0.1) is 6.42 Å². The van der Waals surface area contributed by atoms with Gasteiger partial charge in [-0.15, -0.1) is 0 Å². The van der Waals surface area contributed by atoms with Crippen molar-refractivity contribution in [2.75, 3.05) is 0 Å². The van der Waals surface area contributed by atoms with Crippen LogP contribution in [0.15, 0.2) is 42.5 Å². The summed E-state index contributed by atoms with van der Waals surface area (Å²) in [5.41, 5.74) is 0.850. The molecule has 0 aliphatic carbocycles. The van der Waals surface area contributed by atoms with E-state index in [9.17, 15) is 14.4 Å². The average molecular weight is 356 g/mol. The normalized spacial score (nSPS) is 13.2. The van der Waals surface area contributed by atoms with Crippen LogP contribution in [0.3, 0.4) is 0 Å². The van der Waals surface area contributed by atoms with E-state index in [1.807, 2.05) is 42.5 Å². The molecule has 0 saturated heterocycles. The number of benzene rings is 2. The fourth-order valence-electron chi connectivity index (χ4n) is 2.66. The van der Waals surface area contributed by atoms with Gasteiger partial charge in [-0.2, -0.15) is 0 Å². The van der Waals surface area contributed by atoms with E-state index in [0.29, 0.717) is 0 Å². The van der Waals surface area contributed by atoms with E-state index in [1.165, 1.54) is 6.92 Å². The van der Waals surface area contributed by atoms with Crippen molar-refractivity contribution >= 4 is 28.6 Å². The summed E-state index contributed by atoms with van der Waals surface area (Å²) in [6.07, 6.45) is 0.149. The van der Waals surface area contributed by atoms with Crippen LogP contribution < -0.4 is 10.6 Å². The zero-order chi connectivity index (χ0) is 19.3. The van der Waals surface area contributed by atoms with Crippen LogP contribution in [0, 0.1) is 5.92 Å². The van der Waals surface area contributed by atoms with E-state index in [2.05, 4.69) is 10.6 Å². The molecular formula is C20H24N2O4. The molecule has 0 aliphatic rings. The van der Waals surface area contributed by atoms with Crippen molar-refractivity contribution in [3.8, 4) is 0 Å². The highest BCUT2D eigenvalue weighted by Gasteiger charge is 2.26. The van der Waals surface area contributed by atoms with Gasteiger partial charge in [-0.25, -0.2) is 0 Å². The van der Waals surface area contributed by atoms with Gasteiger partial charge >= 0.3 is 5.97 Å². The lowest BCUT2D eigenvalue weighted by atomic mass is 10.0. The van der Waals surface area contributed by atoms with Gasteiger partial charge in [0.2, 0.25) is 11.8 Å². The zero-order valence-corrected chi connectivity index (χ0v) is 15.2. The number of carboxylic acids is 1. The van der Waals surface area contributed by atoms with E-state index < -0.39 is 24.0 Å². The Morgan fingerprint density at radius 3 is 2.23 bits per heavy atom. The van der Waals surface area contributed by atoms with Gasteiger partial charge in [-0.3, -0.25) is 14.4 Å². The number of carboxylic acid groups (broad SMARTS) is 1. The first-order chi connectivity index (χ1) is 12.3. The van der Waals surface area contributed by atoms with Crippen molar-refractivity contribution in [3.63, 3.8) is 0 Å². The SMILES string of the molecule is CC(C)C(NC(=O)Cc1ccc2ccccc2c1)C(=O)N[C@H](C)C(=O)O. The summed E-state index contributed by atoms with van der Waals surface area (Å²) >= 11 is 0. The fourth-order valence-corrected chi connectivity index (χ4v) is 2.66. The van der Waals surface area contributed by atoms with Crippen molar-refractivity contribution in [3.05, 3.63) is 48.0 Å². The van der Waals surface area contributed by atoms with E-state index in [1.54, 1.807) is 13.8 Å².